The van der Waals surface area contributed by atoms with Crippen LogP contribution in [0.5, 0.6) is 5.75 Å². The van der Waals surface area contributed by atoms with Crippen LogP contribution < -0.4 is 9.64 Å². The summed E-state index contributed by atoms with van der Waals surface area (Å²) in [5, 5.41) is 0. The molecule has 2 atom stereocenters. The Kier molecular flexibility index (Phi) is 5.69. The number of β-lactam (4-membered cyclic amide) rings is 1. The molecule has 1 aliphatic heterocycles. The smallest absolute Gasteiger partial charge is 0.246 e. The molecule has 3 aromatic carbocycles. The van der Waals surface area contributed by atoms with Crippen LogP contribution in [0, 0.1) is 0 Å². The van der Waals surface area contributed by atoms with Crippen LogP contribution in [0.1, 0.15) is 19.4 Å². The Bertz CT molecular complexity index is 1050. The Balaban J connectivity index is 1.72. The normalized spacial score (nSPS) is 21.3. The molecule has 0 spiro atoms. The number of nitrogens with zero attached hydrogens (tertiary/aromatic N) is 1. The van der Waals surface area contributed by atoms with Crippen molar-refractivity contribution in [2.24, 2.45) is 0 Å². The van der Waals surface area contributed by atoms with Gasteiger partial charge in [-0.2, -0.15) is 0 Å². The number of rotatable bonds is 6. The third-order valence-electron chi connectivity index (χ3n) is 5.47. The van der Waals surface area contributed by atoms with Gasteiger partial charge in [-0.15, -0.1) is 11.8 Å². The van der Waals surface area contributed by atoms with E-state index in [2.05, 4.69) is 44.2 Å². The molecule has 0 unspecified atom stereocenters. The first-order valence-corrected chi connectivity index (χ1v) is 10.8. The molecular weight excluding hydrogens is 390 g/mol. The third kappa shape index (κ3) is 3.75. The van der Waals surface area contributed by atoms with Crippen LogP contribution in [0.2, 0.25) is 0 Å². The zero-order valence-corrected chi connectivity index (χ0v) is 18.2. The van der Waals surface area contributed by atoms with Crippen molar-refractivity contribution in [3.63, 3.8) is 0 Å². The number of methoxy groups -OCH3 is 1. The number of hydrogen-bond acceptors (Lipinski definition) is 3. The lowest BCUT2D eigenvalue weighted by Crippen LogP contribution is -2.71. The number of carbonyl (C=O) groups is 1. The zero-order chi connectivity index (χ0) is 21.1. The van der Waals surface area contributed by atoms with E-state index in [0.717, 1.165) is 27.5 Å². The van der Waals surface area contributed by atoms with Gasteiger partial charge in [0.05, 0.1) is 13.2 Å². The van der Waals surface area contributed by atoms with E-state index in [9.17, 15) is 4.79 Å². The minimum absolute atomic E-state index is 0.0520. The van der Waals surface area contributed by atoms with Crippen LogP contribution in [0.25, 0.3) is 6.08 Å². The molecule has 1 fully saturated rings. The van der Waals surface area contributed by atoms with Gasteiger partial charge in [-0.3, -0.25) is 4.79 Å². The number of anilines is 1. The van der Waals surface area contributed by atoms with Crippen LogP contribution >= 0.6 is 11.8 Å². The van der Waals surface area contributed by atoms with Gasteiger partial charge < -0.3 is 9.64 Å². The van der Waals surface area contributed by atoms with Crippen LogP contribution in [-0.4, -0.2) is 23.8 Å². The lowest BCUT2D eigenvalue weighted by atomic mass is 9.81. The van der Waals surface area contributed by atoms with Crippen molar-refractivity contribution >= 4 is 29.4 Å². The molecule has 0 saturated carbocycles. The summed E-state index contributed by atoms with van der Waals surface area (Å²) in [5.74, 6) is 0.897. The Hall–Kier alpha value is -2.98. The minimum atomic E-state index is -0.573. The van der Waals surface area contributed by atoms with Gasteiger partial charge in [0.2, 0.25) is 5.91 Å². The fourth-order valence-corrected chi connectivity index (χ4v) is 5.40. The number of carbonyl (C=O) groups excluding carboxylic acids is 1. The fraction of sp³-hybridized carbons (Fsp3) is 0.192. The number of benzene rings is 3. The maximum atomic E-state index is 13.5. The fourth-order valence-electron chi connectivity index (χ4n) is 4.02. The topological polar surface area (TPSA) is 29.5 Å². The van der Waals surface area contributed by atoms with Gasteiger partial charge in [0.1, 0.15) is 10.5 Å². The second-order valence-corrected chi connectivity index (χ2v) is 9.12. The van der Waals surface area contributed by atoms with Crippen molar-refractivity contribution < 1.29 is 9.53 Å². The molecule has 1 aliphatic rings. The number of hydrogen-bond donors (Lipinski definition) is 0. The average molecular weight is 416 g/mol. The Morgan fingerprint density at radius 3 is 2.17 bits per heavy atom. The molecule has 0 radical (unpaired) electrons. The second-order valence-electron chi connectivity index (χ2n) is 7.60. The van der Waals surface area contributed by atoms with Crippen molar-refractivity contribution in [2.75, 3.05) is 12.0 Å². The Morgan fingerprint density at radius 2 is 1.57 bits per heavy atom. The molecule has 4 rings (SSSR count). The zero-order valence-electron chi connectivity index (χ0n) is 17.4. The van der Waals surface area contributed by atoms with Crippen molar-refractivity contribution in [3.8, 4) is 5.75 Å². The van der Waals surface area contributed by atoms with E-state index in [-0.39, 0.29) is 11.9 Å². The lowest BCUT2D eigenvalue weighted by Gasteiger charge is -2.54. The van der Waals surface area contributed by atoms with Crippen molar-refractivity contribution in [2.45, 2.75) is 29.5 Å². The van der Waals surface area contributed by atoms with Gasteiger partial charge >= 0.3 is 0 Å². The molecular formula is C26H25NO2S. The Morgan fingerprint density at radius 1 is 0.967 bits per heavy atom. The quantitative estimate of drug-likeness (QED) is 0.458. The summed E-state index contributed by atoms with van der Waals surface area (Å²) in [6.07, 6.45) is 2.18. The first kappa shape index (κ1) is 20.3. The van der Waals surface area contributed by atoms with E-state index in [0.29, 0.717) is 0 Å². The molecule has 1 saturated heterocycles. The van der Waals surface area contributed by atoms with Crippen LogP contribution in [0.3, 0.4) is 0 Å². The van der Waals surface area contributed by atoms with E-state index in [1.54, 1.807) is 18.9 Å². The van der Waals surface area contributed by atoms with E-state index in [1.807, 2.05) is 65.6 Å². The van der Waals surface area contributed by atoms with E-state index < -0.39 is 4.75 Å². The van der Waals surface area contributed by atoms with E-state index >= 15 is 0 Å². The van der Waals surface area contributed by atoms with Gasteiger partial charge in [0.25, 0.3) is 0 Å². The van der Waals surface area contributed by atoms with E-state index in [4.69, 9.17) is 4.74 Å². The first-order valence-electron chi connectivity index (χ1n) is 9.98. The monoisotopic (exact) mass is 415 g/mol. The van der Waals surface area contributed by atoms with Gasteiger partial charge in [0, 0.05) is 10.6 Å². The van der Waals surface area contributed by atoms with Crippen molar-refractivity contribution in [1.82, 2.24) is 0 Å². The van der Waals surface area contributed by atoms with Crippen molar-refractivity contribution in [3.05, 3.63) is 96.1 Å². The summed E-state index contributed by atoms with van der Waals surface area (Å²) in [6.45, 7) is 4.17. The molecule has 0 aliphatic carbocycles. The Labute approximate surface area is 182 Å². The highest BCUT2D eigenvalue weighted by molar-refractivity contribution is 8.01. The molecule has 0 N–H and O–H groups in total. The summed E-state index contributed by atoms with van der Waals surface area (Å²) in [4.78, 5) is 16.5. The van der Waals surface area contributed by atoms with Gasteiger partial charge in [0.15, 0.2) is 0 Å². The maximum absolute atomic E-state index is 13.5. The largest absolute Gasteiger partial charge is 0.497 e. The molecule has 152 valence electrons. The highest BCUT2D eigenvalue weighted by Gasteiger charge is 2.59. The molecule has 3 aromatic rings. The summed E-state index contributed by atoms with van der Waals surface area (Å²) < 4.78 is 4.71. The summed E-state index contributed by atoms with van der Waals surface area (Å²) in [7, 11) is 1.65. The standard InChI is InChI=1S/C26H25NO2S/c1-19(18-20-10-6-4-7-11-20)24-26(2,30-23-12-8-5-9-13-23)25(28)27(24)21-14-16-22(29-3)17-15-21/h4-18,24H,1-3H3/b19-18+/t24-,26-/m0/s1. The average Bonchev–Trinajstić information content (AvgIpc) is 2.78. The lowest BCUT2D eigenvalue weighted by molar-refractivity contribution is -0.126. The second kappa shape index (κ2) is 8.41. The summed E-state index contributed by atoms with van der Waals surface area (Å²) in [6, 6.07) is 28.0. The van der Waals surface area contributed by atoms with Crippen LogP contribution in [-0.2, 0) is 4.79 Å². The maximum Gasteiger partial charge on any atom is 0.246 e. The molecule has 0 bridgehead atoms. The summed E-state index contributed by atoms with van der Waals surface area (Å²) >= 11 is 1.64. The highest BCUT2D eigenvalue weighted by atomic mass is 32.2. The number of ether oxygens (including phenoxy) is 1. The van der Waals surface area contributed by atoms with E-state index in [1.165, 1.54) is 0 Å². The molecule has 1 amide bonds. The highest BCUT2D eigenvalue weighted by Crippen LogP contribution is 2.50. The first-order chi connectivity index (χ1) is 14.5. The SMILES string of the molecule is COc1ccc(N2C(=O)[C@@](C)(Sc3ccccc3)[C@@H]2/C(C)=C/c2ccccc2)cc1. The van der Waals surface area contributed by atoms with Crippen LogP contribution in [0.15, 0.2) is 95.4 Å². The molecule has 1 heterocycles. The number of thioether (sulfide) groups is 1. The van der Waals surface area contributed by atoms with Crippen LogP contribution in [0.4, 0.5) is 5.69 Å². The van der Waals surface area contributed by atoms with Gasteiger partial charge in [-0.25, -0.2) is 0 Å². The van der Waals surface area contributed by atoms with Crippen molar-refractivity contribution in [1.29, 1.82) is 0 Å². The predicted octanol–water partition coefficient (Wildman–Crippen LogP) is 6.06. The van der Waals surface area contributed by atoms with Gasteiger partial charge in [-0.1, -0.05) is 54.6 Å². The molecule has 30 heavy (non-hydrogen) atoms. The molecule has 3 nitrogen and oxygen atoms in total. The minimum Gasteiger partial charge on any atom is -0.497 e. The summed E-state index contributed by atoms with van der Waals surface area (Å²) in [5.41, 5.74) is 3.18. The van der Waals surface area contributed by atoms with Gasteiger partial charge in [-0.05, 0) is 61.4 Å². The predicted molar refractivity (Wildman–Crippen MR) is 125 cm³/mol. The third-order valence-corrected chi connectivity index (χ3v) is 6.80. The molecule has 4 heteroatoms. The molecule has 0 aromatic heterocycles. The number of amides is 1.